The third kappa shape index (κ3) is 4.19. The molecule has 0 bridgehead atoms. The molecule has 0 aliphatic carbocycles. The Morgan fingerprint density at radius 3 is 2.68 bits per heavy atom. The predicted molar refractivity (Wildman–Crippen MR) is 92.1 cm³/mol. The lowest BCUT2D eigenvalue weighted by atomic mass is 10.2. The first-order chi connectivity index (χ1) is 12.2. The number of benzene rings is 1. The first kappa shape index (κ1) is 17.0. The minimum atomic E-state index is -0.397. The van der Waals surface area contributed by atoms with Gasteiger partial charge >= 0.3 is 6.09 Å². The zero-order chi connectivity index (χ0) is 17.6. The molecule has 2 N–H and O–H groups in total. The van der Waals surface area contributed by atoms with Gasteiger partial charge < -0.3 is 24.8 Å². The fourth-order valence-electron chi connectivity index (χ4n) is 2.69. The minimum Gasteiger partial charge on any atom is -0.468 e. The highest BCUT2D eigenvalue weighted by Gasteiger charge is 2.38. The zero-order valence-electron chi connectivity index (χ0n) is 14.0. The van der Waals surface area contributed by atoms with Gasteiger partial charge in [-0.2, -0.15) is 0 Å². The van der Waals surface area contributed by atoms with Gasteiger partial charge in [-0.25, -0.2) is 9.78 Å². The number of likely N-dealkylation sites (tertiary alicyclic amines) is 1. The molecular formula is C18H21N3O4. The largest absolute Gasteiger partial charge is 0.468 e. The molecule has 1 aromatic carbocycles. The lowest BCUT2D eigenvalue weighted by Gasteiger charge is -2.18. The van der Waals surface area contributed by atoms with Gasteiger partial charge in [-0.05, 0) is 17.7 Å². The van der Waals surface area contributed by atoms with Crippen LogP contribution in [0.1, 0.15) is 5.56 Å². The van der Waals surface area contributed by atoms with Crippen LogP contribution in [0, 0.1) is 0 Å². The van der Waals surface area contributed by atoms with Crippen molar-refractivity contribution in [3.8, 4) is 5.88 Å². The Morgan fingerprint density at radius 1 is 1.20 bits per heavy atom. The molecule has 7 nitrogen and oxygen atoms in total. The molecule has 1 aromatic heterocycles. The summed E-state index contributed by atoms with van der Waals surface area (Å²) in [6.45, 7) is 0.968. The number of aromatic nitrogens is 1. The lowest BCUT2D eigenvalue weighted by molar-refractivity contribution is 0.0322. The second-order valence-corrected chi connectivity index (χ2v) is 5.77. The van der Waals surface area contributed by atoms with Gasteiger partial charge in [0.2, 0.25) is 5.88 Å². The van der Waals surface area contributed by atoms with Gasteiger partial charge in [0.25, 0.3) is 0 Å². The topological polar surface area (TPSA) is 86.9 Å². The van der Waals surface area contributed by atoms with Gasteiger partial charge in [0.1, 0.15) is 18.8 Å². The Morgan fingerprint density at radius 2 is 1.96 bits per heavy atom. The van der Waals surface area contributed by atoms with Gasteiger partial charge in [0.05, 0.1) is 18.8 Å². The minimum absolute atomic E-state index is 0.229. The first-order valence-corrected chi connectivity index (χ1v) is 8.03. The second-order valence-electron chi connectivity index (χ2n) is 5.77. The summed E-state index contributed by atoms with van der Waals surface area (Å²) < 4.78 is 16.6. The number of carbonyl (C=O) groups is 1. The van der Waals surface area contributed by atoms with Crippen LogP contribution in [-0.4, -0.2) is 48.4 Å². The number of nitrogens with two attached hydrogens (primary N) is 1. The fourth-order valence-corrected chi connectivity index (χ4v) is 2.69. The number of carbonyl (C=O) groups excluding carboxylic acids is 1. The molecule has 1 aliphatic rings. The average molecular weight is 343 g/mol. The van der Waals surface area contributed by atoms with Crippen molar-refractivity contribution < 1.29 is 19.0 Å². The number of nitrogen functional groups attached to an aromatic ring is 1. The normalized spacial score (nSPS) is 19.6. The van der Waals surface area contributed by atoms with Crippen molar-refractivity contribution in [3.05, 3.63) is 54.2 Å². The van der Waals surface area contributed by atoms with Gasteiger partial charge in [-0.1, -0.05) is 30.3 Å². The molecule has 1 amide bonds. The molecule has 132 valence electrons. The van der Waals surface area contributed by atoms with E-state index < -0.39 is 6.09 Å². The van der Waals surface area contributed by atoms with Gasteiger partial charge in [0.15, 0.2) is 0 Å². The highest BCUT2D eigenvalue weighted by Crippen LogP contribution is 2.23. The number of nitrogens with zero attached hydrogens (tertiary/aromatic N) is 2. The van der Waals surface area contributed by atoms with E-state index in [-0.39, 0.29) is 18.8 Å². The van der Waals surface area contributed by atoms with Crippen molar-refractivity contribution in [3.63, 3.8) is 0 Å². The number of pyridine rings is 1. The molecule has 1 saturated heterocycles. The van der Waals surface area contributed by atoms with Crippen LogP contribution in [0.4, 0.5) is 10.5 Å². The van der Waals surface area contributed by atoms with E-state index in [1.807, 2.05) is 30.3 Å². The van der Waals surface area contributed by atoms with E-state index >= 15 is 0 Å². The summed E-state index contributed by atoms with van der Waals surface area (Å²) >= 11 is 0. The fraction of sp³-hybridized carbons (Fsp3) is 0.333. The Balaban J connectivity index is 1.58. The Bertz CT molecular complexity index is 710. The number of hydrogen-bond donors (Lipinski definition) is 1. The smallest absolute Gasteiger partial charge is 0.410 e. The van der Waals surface area contributed by atoms with Gasteiger partial charge in [-0.15, -0.1) is 0 Å². The van der Waals surface area contributed by atoms with E-state index in [0.717, 1.165) is 5.56 Å². The predicted octanol–water partition coefficient (Wildman–Crippen LogP) is 2.08. The summed E-state index contributed by atoms with van der Waals surface area (Å²) in [4.78, 5) is 18.0. The quantitative estimate of drug-likeness (QED) is 0.894. The summed E-state index contributed by atoms with van der Waals surface area (Å²) in [5, 5.41) is 0. The molecular weight excluding hydrogens is 322 g/mol. The summed E-state index contributed by atoms with van der Waals surface area (Å²) in [5.41, 5.74) is 7.24. The van der Waals surface area contributed by atoms with Gasteiger partial charge in [0, 0.05) is 13.3 Å². The number of amides is 1. The molecule has 2 heterocycles. The SMILES string of the molecule is CO[C@@H]1CN(C(=O)OCc2ccccc2)C[C@H]1Oc1ncccc1N. The third-order valence-electron chi connectivity index (χ3n) is 4.05. The van der Waals surface area contributed by atoms with Crippen molar-refractivity contribution >= 4 is 11.8 Å². The van der Waals surface area contributed by atoms with E-state index in [4.69, 9.17) is 19.9 Å². The van der Waals surface area contributed by atoms with Crippen LogP contribution in [0.25, 0.3) is 0 Å². The number of ether oxygens (including phenoxy) is 3. The lowest BCUT2D eigenvalue weighted by Crippen LogP contribution is -2.32. The molecule has 0 spiro atoms. The maximum absolute atomic E-state index is 12.3. The van der Waals surface area contributed by atoms with Crippen LogP contribution >= 0.6 is 0 Å². The maximum atomic E-state index is 12.3. The molecule has 0 saturated carbocycles. The van der Waals surface area contributed by atoms with Crippen molar-refractivity contribution in [2.45, 2.75) is 18.8 Å². The number of rotatable bonds is 5. The number of anilines is 1. The first-order valence-electron chi connectivity index (χ1n) is 8.03. The molecule has 2 atom stereocenters. The van der Waals surface area contributed by atoms with E-state index in [1.165, 1.54) is 0 Å². The van der Waals surface area contributed by atoms with Crippen molar-refractivity contribution in [1.82, 2.24) is 9.88 Å². The number of hydrogen-bond acceptors (Lipinski definition) is 6. The van der Waals surface area contributed by atoms with E-state index in [9.17, 15) is 4.79 Å². The van der Waals surface area contributed by atoms with Gasteiger partial charge in [-0.3, -0.25) is 0 Å². The standard InChI is InChI=1S/C18H21N3O4/c1-23-15-10-21(18(22)24-12-13-6-3-2-4-7-13)11-16(15)25-17-14(19)8-5-9-20-17/h2-9,15-16H,10-12,19H2,1H3/t15-,16-/m1/s1. The molecule has 1 aliphatic heterocycles. The van der Waals surface area contributed by atoms with Crippen LogP contribution in [0.2, 0.25) is 0 Å². The van der Waals surface area contributed by atoms with Crippen molar-refractivity contribution in [2.75, 3.05) is 25.9 Å². The van der Waals surface area contributed by atoms with Crippen molar-refractivity contribution in [1.29, 1.82) is 0 Å². The molecule has 7 heteroatoms. The molecule has 0 unspecified atom stereocenters. The maximum Gasteiger partial charge on any atom is 0.410 e. The summed E-state index contributed by atoms with van der Waals surface area (Å²) in [7, 11) is 1.58. The Kier molecular flexibility index (Phi) is 5.35. The highest BCUT2D eigenvalue weighted by atomic mass is 16.6. The highest BCUT2D eigenvalue weighted by molar-refractivity contribution is 5.68. The second kappa shape index (κ2) is 7.85. The van der Waals surface area contributed by atoms with E-state index in [0.29, 0.717) is 24.7 Å². The molecule has 0 radical (unpaired) electrons. The van der Waals surface area contributed by atoms with E-state index in [1.54, 1.807) is 30.3 Å². The molecule has 3 rings (SSSR count). The van der Waals surface area contributed by atoms with E-state index in [2.05, 4.69) is 4.98 Å². The number of methoxy groups -OCH3 is 1. The summed E-state index contributed by atoms with van der Waals surface area (Å²) in [6, 6.07) is 13.0. The monoisotopic (exact) mass is 343 g/mol. The molecule has 25 heavy (non-hydrogen) atoms. The summed E-state index contributed by atoms with van der Waals surface area (Å²) in [6.07, 6.45) is 0.581. The average Bonchev–Trinajstić information content (AvgIpc) is 3.05. The van der Waals surface area contributed by atoms with Crippen LogP contribution in [0.15, 0.2) is 48.7 Å². The van der Waals surface area contributed by atoms with Crippen LogP contribution in [0.5, 0.6) is 5.88 Å². The third-order valence-corrected chi connectivity index (χ3v) is 4.05. The molecule has 1 fully saturated rings. The summed E-state index contributed by atoms with van der Waals surface area (Å²) in [5.74, 6) is 0.342. The van der Waals surface area contributed by atoms with Crippen molar-refractivity contribution in [2.24, 2.45) is 0 Å². The Hall–Kier alpha value is -2.80. The Labute approximate surface area is 146 Å². The van der Waals surface area contributed by atoms with Crippen LogP contribution in [-0.2, 0) is 16.1 Å². The zero-order valence-corrected chi connectivity index (χ0v) is 14.0. The van der Waals surface area contributed by atoms with Crippen LogP contribution < -0.4 is 10.5 Å². The molecule has 2 aromatic rings. The van der Waals surface area contributed by atoms with Crippen LogP contribution in [0.3, 0.4) is 0 Å².